The van der Waals surface area contributed by atoms with E-state index in [1.807, 2.05) is 45.0 Å². The van der Waals surface area contributed by atoms with Crippen LogP contribution >= 0.6 is 0 Å². The molecule has 0 saturated carbocycles. The normalized spacial score (nSPS) is 12.4. The van der Waals surface area contributed by atoms with Gasteiger partial charge in [0.05, 0.1) is 17.3 Å². The van der Waals surface area contributed by atoms with Gasteiger partial charge in [-0.1, -0.05) is 19.9 Å². The van der Waals surface area contributed by atoms with Gasteiger partial charge in [-0.15, -0.1) is 0 Å². The Bertz CT molecular complexity index is 655. The fraction of sp³-hybridized carbons (Fsp3) is 0.412. The maximum absolute atomic E-state index is 12.0. The second kappa shape index (κ2) is 7.22. The first-order chi connectivity index (χ1) is 10.5. The number of aryl methyl sites for hydroxylation is 1. The van der Waals surface area contributed by atoms with Crippen molar-refractivity contribution in [1.29, 1.82) is 0 Å². The number of hydrogen-bond donors (Lipinski definition) is 3. The third-order valence-electron chi connectivity index (χ3n) is 3.34. The van der Waals surface area contributed by atoms with Crippen LogP contribution in [0.2, 0.25) is 0 Å². The molecule has 0 aliphatic heterocycles. The van der Waals surface area contributed by atoms with Gasteiger partial charge in [-0.05, 0) is 43.0 Å². The van der Waals surface area contributed by atoms with Crippen molar-refractivity contribution < 1.29 is 9.90 Å². The Morgan fingerprint density at radius 3 is 2.86 bits per heavy atom. The number of pyridine rings is 1. The van der Waals surface area contributed by atoms with Crippen molar-refractivity contribution in [3.63, 3.8) is 0 Å². The van der Waals surface area contributed by atoms with E-state index < -0.39 is 6.10 Å². The molecule has 2 rings (SSSR count). The molecule has 22 heavy (non-hydrogen) atoms. The lowest BCUT2D eigenvalue weighted by Gasteiger charge is -2.15. The van der Waals surface area contributed by atoms with E-state index in [1.165, 1.54) is 0 Å². The molecular formula is C17H23N3O2. The molecule has 1 atom stereocenters. The molecule has 5 nitrogen and oxygen atoms in total. The van der Waals surface area contributed by atoms with Crippen molar-refractivity contribution in [1.82, 2.24) is 10.3 Å². The number of nitrogens with zero attached hydrogens (tertiary/aromatic N) is 1. The standard InChI is InChI=1S/C17H23N3O2/c1-11(2)7-14(21)10-19-17(22)20-15-9-12(3)8-13-5-4-6-18-16(13)15/h4-6,8-9,11,14,21H,7,10H2,1-3H3,(H2,19,20,22). The second-order valence-corrected chi connectivity index (χ2v) is 6.01. The first kappa shape index (κ1) is 16.2. The summed E-state index contributed by atoms with van der Waals surface area (Å²) in [6.45, 7) is 6.28. The summed E-state index contributed by atoms with van der Waals surface area (Å²) in [4.78, 5) is 16.3. The highest BCUT2D eigenvalue weighted by Crippen LogP contribution is 2.23. The molecule has 0 fully saturated rings. The summed E-state index contributed by atoms with van der Waals surface area (Å²) in [6, 6.07) is 7.41. The van der Waals surface area contributed by atoms with Crippen LogP contribution in [0.15, 0.2) is 30.5 Å². The van der Waals surface area contributed by atoms with E-state index in [2.05, 4.69) is 15.6 Å². The second-order valence-electron chi connectivity index (χ2n) is 6.01. The van der Waals surface area contributed by atoms with E-state index in [9.17, 15) is 9.90 Å². The summed E-state index contributed by atoms with van der Waals surface area (Å²) in [5, 5.41) is 16.3. The van der Waals surface area contributed by atoms with Crippen LogP contribution in [0.5, 0.6) is 0 Å². The number of nitrogens with one attached hydrogen (secondary N) is 2. The largest absolute Gasteiger partial charge is 0.391 e. The molecule has 1 heterocycles. The zero-order valence-electron chi connectivity index (χ0n) is 13.3. The van der Waals surface area contributed by atoms with Crippen molar-refractivity contribution in [3.05, 3.63) is 36.0 Å². The van der Waals surface area contributed by atoms with Crippen LogP contribution in [0.3, 0.4) is 0 Å². The predicted molar refractivity (Wildman–Crippen MR) is 89.0 cm³/mol. The van der Waals surface area contributed by atoms with Crippen LogP contribution in [0.4, 0.5) is 10.5 Å². The van der Waals surface area contributed by atoms with Gasteiger partial charge in [0.1, 0.15) is 0 Å². The quantitative estimate of drug-likeness (QED) is 0.794. The van der Waals surface area contributed by atoms with Gasteiger partial charge >= 0.3 is 6.03 Å². The van der Waals surface area contributed by atoms with Crippen LogP contribution in [-0.4, -0.2) is 28.8 Å². The first-order valence-electron chi connectivity index (χ1n) is 7.54. The summed E-state index contributed by atoms with van der Waals surface area (Å²) in [6.07, 6.45) is 1.83. The average molecular weight is 301 g/mol. The maximum Gasteiger partial charge on any atom is 0.319 e. The summed E-state index contributed by atoms with van der Waals surface area (Å²) < 4.78 is 0. The Labute approximate surface area is 130 Å². The van der Waals surface area contributed by atoms with Crippen molar-refractivity contribution in [2.75, 3.05) is 11.9 Å². The third kappa shape index (κ3) is 4.43. The topological polar surface area (TPSA) is 74.2 Å². The van der Waals surface area contributed by atoms with E-state index in [1.54, 1.807) is 6.20 Å². The Morgan fingerprint density at radius 1 is 1.36 bits per heavy atom. The van der Waals surface area contributed by atoms with Crippen LogP contribution in [-0.2, 0) is 0 Å². The Kier molecular flexibility index (Phi) is 5.33. The number of anilines is 1. The molecule has 2 amide bonds. The van der Waals surface area contributed by atoms with Gasteiger partial charge in [0.2, 0.25) is 0 Å². The zero-order chi connectivity index (χ0) is 16.1. The van der Waals surface area contributed by atoms with Gasteiger partial charge in [-0.3, -0.25) is 4.98 Å². The van der Waals surface area contributed by atoms with Crippen molar-refractivity contribution in [2.24, 2.45) is 5.92 Å². The number of fused-ring (bicyclic) bond motifs is 1. The number of urea groups is 1. The Morgan fingerprint density at radius 2 is 2.14 bits per heavy atom. The van der Waals surface area contributed by atoms with E-state index in [0.717, 1.165) is 16.5 Å². The van der Waals surface area contributed by atoms with Gasteiger partial charge in [-0.25, -0.2) is 4.79 Å². The first-order valence-corrected chi connectivity index (χ1v) is 7.54. The fourth-order valence-electron chi connectivity index (χ4n) is 2.44. The van der Waals surface area contributed by atoms with Crippen LogP contribution in [0.25, 0.3) is 10.9 Å². The van der Waals surface area contributed by atoms with Crippen molar-refractivity contribution in [2.45, 2.75) is 33.3 Å². The summed E-state index contributed by atoms with van der Waals surface area (Å²) in [7, 11) is 0. The molecule has 1 unspecified atom stereocenters. The summed E-state index contributed by atoms with van der Waals surface area (Å²) in [5.74, 6) is 0.393. The molecule has 118 valence electrons. The molecule has 3 N–H and O–H groups in total. The van der Waals surface area contributed by atoms with E-state index in [0.29, 0.717) is 18.0 Å². The lowest BCUT2D eigenvalue weighted by molar-refractivity contribution is 0.148. The number of aliphatic hydroxyl groups excluding tert-OH is 1. The van der Waals surface area contributed by atoms with Crippen LogP contribution in [0.1, 0.15) is 25.8 Å². The fourth-order valence-corrected chi connectivity index (χ4v) is 2.44. The van der Waals surface area contributed by atoms with E-state index in [-0.39, 0.29) is 12.6 Å². The molecule has 0 aliphatic rings. The minimum Gasteiger partial charge on any atom is -0.391 e. The van der Waals surface area contributed by atoms with Crippen LogP contribution in [0, 0.1) is 12.8 Å². The lowest BCUT2D eigenvalue weighted by Crippen LogP contribution is -2.35. The van der Waals surface area contributed by atoms with Crippen molar-refractivity contribution in [3.8, 4) is 0 Å². The highest BCUT2D eigenvalue weighted by atomic mass is 16.3. The molecule has 0 aliphatic carbocycles. The number of aromatic nitrogens is 1. The Balaban J connectivity index is 2.03. The number of benzene rings is 1. The smallest absolute Gasteiger partial charge is 0.319 e. The number of amides is 2. The number of hydrogen-bond acceptors (Lipinski definition) is 3. The molecule has 5 heteroatoms. The highest BCUT2D eigenvalue weighted by Gasteiger charge is 2.11. The maximum atomic E-state index is 12.0. The SMILES string of the molecule is Cc1cc(NC(=O)NCC(O)CC(C)C)c2ncccc2c1. The number of rotatable bonds is 5. The third-order valence-corrected chi connectivity index (χ3v) is 3.34. The summed E-state index contributed by atoms with van der Waals surface area (Å²) in [5.41, 5.74) is 2.48. The van der Waals surface area contributed by atoms with Gasteiger partial charge in [-0.2, -0.15) is 0 Å². The van der Waals surface area contributed by atoms with Gasteiger partial charge < -0.3 is 15.7 Å². The van der Waals surface area contributed by atoms with Gasteiger partial charge in [0.25, 0.3) is 0 Å². The molecule has 2 aromatic rings. The summed E-state index contributed by atoms with van der Waals surface area (Å²) >= 11 is 0. The Hall–Kier alpha value is -2.14. The molecule has 1 aromatic heterocycles. The molecule has 1 aromatic carbocycles. The highest BCUT2D eigenvalue weighted by molar-refractivity contribution is 5.99. The van der Waals surface area contributed by atoms with E-state index >= 15 is 0 Å². The number of aliphatic hydroxyl groups is 1. The minimum absolute atomic E-state index is 0.237. The molecule has 0 bridgehead atoms. The predicted octanol–water partition coefficient (Wildman–Crippen LogP) is 3.07. The number of carbonyl (C=O) groups excluding carboxylic acids is 1. The van der Waals surface area contributed by atoms with Crippen LogP contribution < -0.4 is 10.6 Å². The molecular weight excluding hydrogens is 278 g/mol. The lowest BCUT2D eigenvalue weighted by atomic mass is 10.1. The minimum atomic E-state index is -0.530. The van der Waals surface area contributed by atoms with Gasteiger partial charge in [0, 0.05) is 18.1 Å². The molecule has 0 spiro atoms. The number of carbonyl (C=O) groups is 1. The molecule has 0 saturated heterocycles. The average Bonchev–Trinajstić information content (AvgIpc) is 2.44. The zero-order valence-corrected chi connectivity index (χ0v) is 13.3. The molecule has 0 radical (unpaired) electrons. The van der Waals surface area contributed by atoms with Gasteiger partial charge in [0.15, 0.2) is 0 Å². The van der Waals surface area contributed by atoms with E-state index in [4.69, 9.17) is 0 Å². The monoisotopic (exact) mass is 301 g/mol. The van der Waals surface area contributed by atoms with Crippen molar-refractivity contribution >= 4 is 22.6 Å².